The second-order valence-electron chi connectivity index (χ2n) is 10.5. The smallest absolute Gasteiger partial charge is 0.247 e. The minimum absolute atomic E-state index is 0.344. The Morgan fingerprint density at radius 1 is 0.889 bits per heavy atom. The van der Waals surface area contributed by atoms with E-state index >= 15 is 4.39 Å². The van der Waals surface area contributed by atoms with Gasteiger partial charge in [-0.25, -0.2) is 14.4 Å². The van der Waals surface area contributed by atoms with E-state index in [1.165, 1.54) is 12.1 Å². The summed E-state index contributed by atoms with van der Waals surface area (Å²) in [6, 6.07) is 18.3. The molecule has 0 unspecified atom stereocenters. The molecule has 1 amide bonds. The van der Waals surface area contributed by atoms with Gasteiger partial charge in [-0.05, 0) is 54.6 Å². The number of nitrogens with zero attached hydrogens (tertiary/aromatic N) is 4. The van der Waals surface area contributed by atoms with Crippen LogP contribution < -0.4 is 25.8 Å². The second kappa shape index (κ2) is 13.9. The summed E-state index contributed by atoms with van der Waals surface area (Å²) >= 11 is 6.39. The Morgan fingerprint density at radius 2 is 1.62 bits per heavy atom. The molecule has 0 aliphatic carbocycles. The van der Waals surface area contributed by atoms with Crippen LogP contribution in [0.4, 0.5) is 44.5 Å². The predicted octanol–water partition coefficient (Wildman–Crippen LogP) is 6.22. The number of morpholine rings is 2. The topological polar surface area (TPSA) is 104 Å². The molecule has 12 heteroatoms. The number of carbonyl (C=O) groups excluding carboxylic acids is 1. The summed E-state index contributed by atoms with van der Waals surface area (Å²) in [5.41, 5.74) is 5.05. The molecule has 3 heterocycles. The second-order valence-corrected chi connectivity index (χ2v) is 10.9. The molecule has 45 heavy (non-hydrogen) atoms. The minimum atomic E-state index is -0.395. The van der Waals surface area contributed by atoms with Crippen molar-refractivity contribution in [2.24, 2.45) is 0 Å². The van der Waals surface area contributed by atoms with E-state index in [4.69, 9.17) is 26.1 Å². The van der Waals surface area contributed by atoms with E-state index in [9.17, 15) is 4.79 Å². The third kappa shape index (κ3) is 7.34. The predicted molar refractivity (Wildman–Crippen MR) is 177 cm³/mol. The van der Waals surface area contributed by atoms with Crippen LogP contribution in [0, 0.1) is 5.82 Å². The average molecular weight is 630 g/mol. The fourth-order valence-corrected chi connectivity index (χ4v) is 5.40. The van der Waals surface area contributed by atoms with E-state index in [-0.39, 0.29) is 5.82 Å². The van der Waals surface area contributed by atoms with E-state index in [2.05, 4.69) is 38.5 Å². The first-order chi connectivity index (χ1) is 22.0. The van der Waals surface area contributed by atoms with Gasteiger partial charge in [-0.2, -0.15) is 0 Å². The first-order valence-corrected chi connectivity index (χ1v) is 15.0. The van der Waals surface area contributed by atoms with E-state index in [0.717, 1.165) is 24.5 Å². The Morgan fingerprint density at radius 3 is 2.36 bits per heavy atom. The molecular weight excluding hydrogens is 597 g/mol. The van der Waals surface area contributed by atoms with Crippen LogP contribution in [0.15, 0.2) is 79.5 Å². The fraction of sp³-hybridized carbons (Fsp3) is 0.242. The van der Waals surface area contributed by atoms with Crippen LogP contribution in [0.1, 0.15) is 0 Å². The molecule has 3 N–H and O–H groups in total. The zero-order chi connectivity index (χ0) is 31.2. The van der Waals surface area contributed by atoms with E-state index < -0.39 is 5.91 Å². The quantitative estimate of drug-likeness (QED) is 0.186. The number of benzene rings is 3. The molecule has 0 bridgehead atoms. The lowest BCUT2D eigenvalue weighted by molar-refractivity contribution is -0.111. The van der Waals surface area contributed by atoms with E-state index in [1.54, 1.807) is 30.5 Å². The molecule has 0 atom stereocenters. The van der Waals surface area contributed by atoms with E-state index in [1.807, 2.05) is 29.2 Å². The lowest BCUT2D eigenvalue weighted by atomic mass is 10.1. The van der Waals surface area contributed by atoms with Crippen LogP contribution in [0.2, 0.25) is 5.02 Å². The number of carbonyl (C=O) groups is 1. The Hall–Kier alpha value is -4.71. The number of amides is 1. The summed E-state index contributed by atoms with van der Waals surface area (Å²) < 4.78 is 26.1. The van der Waals surface area contributed by atoms with Gasteiger partial charge in [0, 0.05) is 48.8 Å². The molecule has 2 aliphatic rings. The normalized spacial score (nSPS) is 15.0. The van der Waals surface area contributed by atoms with Gasteiger partial charge in [-0.1, -0.05) is 30.3 Å². The van der Waals surface area contributed by atoms with Crippen molar-refractivity contribution in [3.05, 3.63) is 90.4 Å². The van der Waals surface area contributed by atoms with Crippen LogP contribution in [-0.4, -0.2) is 68.5 Å². The summed E-state index contributed by atoms with van der Waals surface area (Å²) in [6.07, 6.45) is 2.81. The monoisotopic (exact) mass is 629 g/mol. The summed E-state index contributed by atoms with van der Waals surface area (Å²) in [7, 11) is 0. The number of anilines is 7. The number of ether oxygens (including phenoxy) is 2. The Bertz CT molecular complexity index is 1690. The first-order valence-electron chi connectivity index (χ1n) is 14.7. The lowest BCUT2D eigenvalue weighted by Gasteiger charge is -2.29. The van der Waals surface area contributed by atoms with Crippen LogP contribution in [0.5, 0.6) is 0 Å². The molecule has 2 fully saturated rings. The number of halogens is 2. The molecule has 3 aromatic carbocycles. The van der Waals surface area contributed by atoms with Crippen LogP contribution in [-0.2, 0) is 14.3 Å². The highest BCUT2D eigenvalue weighted by atomic mass is 35.5. The number of hydrogen-bond acceptors (Lipinski definition) is 9. The molecule has 0 radical (unpaired) electrons. The van der Waals surface area contributed by atoms with Crippen LogP contribution in [0.25, 0.3) is 11.3 Å². The third-order valence-corrected chi connectivity index (χ3v) is 7.86. The maximum Gasteiger partial charge on any atom is 0.247 e. The van der Waals surface area contributed by atoms with Crippen molar-refractivity contribution in [3.8, 4) is 11.3 Å². The standard InChI is InChI=1S/C33H33ClFN7O3/c1-2-31(43)39-28-18-22(6-8-26(28)34)32-29(37-24-7-9-30(27(35)20-24)42-12-16-45-17-13-42)21-36-33(40-32)38-23-4-3-5-25(19-23)41-10-14-44-15-11-41/h2-9,18-21,37H,1,10-17H2,(H,39,43)(H,36,38,40). The van der Waals surface area contributed by atoms with Crippen molar-refractivity contribution < 1.29 is 18.7 Å². The molecule has 1 aromatic heterocycles. The van der Waals surface area contributed by atoms with Gasteiger partial charge in [0.1, 0.15) is 5.82 Å². The lowest BCUT2D eigenvalue weighted by Crippen LogP contribution is -2.36. The van der Waals surface area contributed by atoms with Crippen molar-refractivity contribution >= 4 is 57.6 Å². The summed E-state index contributed by atoms with van der Waals surface area (Å²) in [4.78, 5) is 25.7. The third-order valence-electron chi connectivity index (χ3n) is 7.53. The number of nitrogens with one attached hydrogen (secondary N) is 3. The Balaban J connectivity index is 1.32. The van der Waals surface area contributed by atoms with Gasteiger partial charge in [0.15, 0.2) is 0 Å². The van der Waals surface area contributed by atoms with Crippen molar-refractivity contribution in [3.63, 3.8) is 0 Å². The van der Waals surface area contributed by atoms with Gasteiger partial charge < -0.3 is 35.2 Å². The zero-order valence-corrected chi connectivity index (χ0v) is 25.3. The molecule has 6 rings (SSSR count). The van der Waals surface area contributed by atoms with Gasteiger partial charge in [0.05, 0.1) is 60.4 Å². The molecule has 4 aromatic rings. The summed E-state index contributed by atoms with van der Waals surface area (Å²) in [5, 5.41) is 9.68. The molecule has 0 spiro atoms. The highest BCUT2D eigenvalue weighted by molar-refractivity contribution is 6.34. The number of aromatic nitrogens is 2. The van der Waals surface area contributed by atoms with Crippen LogP contribution in [0.3, 0.4) is 0 Å². The van der Waals surface area contributed by atoms with Gasteiger partial charge in [-0.15, -0.1) is 0 Å². The molecule has 2 saturated heterocycles. The molecule has 2 aliphatic heterocycles. The SMILES string of the molecule is C=CC(=O)Nc1cc(-c2nc(Nc3cccc(N4CCOCC4)c3)ncc2Nc2ccc(N3CCOCC3)c(F)c2)ccc1Cl. The van der Waals surface area contributed by atoms with Gasteiger partial charge in [0.2, 0.25) is 11.9 Å². The summed E-state index contributed by atoms with van der Waals surface area (Å²) in [6.45, 7) is 8.92. The molecule has 10 nitrogen and oxygen atoms in total. The average Bonchev–Trinajstić information content (AvgIpc) is 3.07. The highest BCUT2D eigenvalue weighted by Gasteiger charge is 2.18. The fourth-order valence-electron chi connectivity index (χ4n) is 5.24. The van der Waals surface area contributed by atoms with Crippen molar-refractivity contribution in [2.75, 3.05) is 78.4 Å². The maximum atomic E-state index is 15.2. The Labute approximate surface area is 265 Å². The molecule has 0 saturated carbocycles. The minimum Gasteiger partial charge on any atom is -0.378 e. The van der Waals surface area contributed by atoms with Crippen molar-refractivity contribution in [1.82, 2.24) is 9.97 Å². The van der Waals surface area contributed by atoms with Gasteiger partial charge >= 0.3 is 0 Å². The molecule has 232 valence electrons. The van der Waals surface area contributed by atoms with Gasteiger partial charge in [0.25, 0.3) is 0 Å². The van der Waals surface area contributed by atoms with Crippen molar-refractivity contribution in [1.29, 1.82) is 0 Å². The molecular formula is C33H33ClFN7O3. The van der Waals surface area contributed by atoms with E-state index in [0.29, 0.717) is 84.5 Å². The van der Waals surface area contributed by atoms with Crippen LogP contribution >= 0.6 is 11.6 Å². The van der Waals surface area contributed by atoms with Gasteiger partial charge in [-0.3, -0.25) is 4.79 Å². The van der Waals surface area contributed by atoms with Crippen molar-refractivity contribution in [2.45, 2.75) is 0 Å². The zero-order valence-electron chi connectivity index (χ0n) is 24.6. The largest absolute Gasteiger partial charge is 0.378 e. The maximum absolute atomic E-state index is 15.2. The number of rotatable bonds is 9. The number of hydrogen-bond donors (Lipinski definition) is 3. The first kappa shape index (κ1) is 30.3. The highest BCUT2D eigenvalue weighted by Crippen LogP contribution is 2.35. The Kier molecular flexibility index (Phi) is 9.39. The summed E-state index contributed by atoms with van der Waals surface area (Å²) in [5.74, 6) is -0.382.